The predicted molar refractivity (Wildman–Crippen MR) is 216 cm³/mol. The molecule has 4 aromatic rings. The first-order chi connectivity index (χ1) is 25.6. The topological polar surface area (TPSA) is 0 Å². The molecule has 0 aromatic heterocycles. The molecule has 2 aliphatic carbocycles. The van der Waals surface area contributed by atoms with E-state index in [-0.39, 0.29) is 25.3 Å². The zero-order chi connectivity index (χ0) is 41.6. The molecule has 7 heteroatoms. The van der Waals surface area contributed by atoms with Crippen molar-refractivity contribution in [1.29, 1.82) is 0 Å². The first-order valence-electron chi connectivity index (χ1n) is 19.4. The number of alkyl halides is 6. The zero-order valence-electron chi connectivity index (χ0n) is 34.7. The molecule has 0 nitrogen and oxygen atoms in total. The number of allylic oxidation sites excluding steroid dienone is 4. The van der Waals surface area contributed by atoms with Crippen LogP contribution in [0.15, 0.2) is 94.3 Å². The van der Waals surface area contributed by atoms with Crippen LogP contribution >= 0.6 is 0 Å². The molecular formula is C49H54F6Zr. The first kappa shape index (κ1) is 42.3. The van der Waals surface area contributed by atoms with Crippen LogP contribution in [-0.4, -0.2) is 3.21 Å². The normalized spacial score (nSPS) is 15.2. The third-order valence-electron chi connectivity index (χ3n) is 11.2. The van der Waals surface area contributed by atoms with Crippen LogP contribution in [-0.2, 0) is 55.3 Å². The Kier molecular flexibility index (Phi) is 10.7. The van der Waals surface area contributed by atoms with E-state index in [9.17, 15) is 26.3 Å². The third kappa shape index (κ3) is 8.18. The fourth-order valence-corrected chi connectivity index (χ4v) is 17.4. The molecule has 4 aromatic carbocycles. The molecule has 0 heterocycles. The van der Waals surface area contributed by atoms with Crippen LogP contribution in [0.25, 0.3) is 11.1 Å². The molecule has 296 valence electrons. The summed E-state index contributed by atoms with van der Waals surface area (Å²) in [6, 6.07) is 19.9. The van der Waals surface area contributed by atoms with Crippen LogP contribution in [0.5, 0.6) is 0 Å². The number of benzene rings is 4. The van der Waals surface area contributed by atoms with Gasteiger partial charge in [0, 0.05) is 0 Å². The van der Waals surface area contributed by atoms with Crippen molar-refractivity contribution < 1.29 is 47.6 Å². The summed E-state index contributed by atoms with van der Waals surface area (Å²) in [6.45, 7) is 26.6. The molecule has 0 saturated heterocycles. The number of fused-ring (bicyclic) bond motifs is 3. The van der Waals surface area contributed by atoms with Gasteiger partial charge < -0.3 is 0 Å². The van der Waals surface area contributed by atoms with Gasteiger partial charge >= 0.3 is 339 Å². The Morgan fingerprint density at radius 2 is 0.893 bits per heavy atom. The summed E-state index contributed by atoms with van der Waals surface area (Å²) < 4.78 is 88.4. The Morgan fingerprint density at radius 3 is 1.21 bits per heavy atom. The van der Waals surface area contributed by atoms with E-state index in [2.05, 4.69) is 120 Å². The molecule has 0 aliphatic heterocycles. The molecule has 0 spiro atoms. The quantitative estimate of drug-likeness (QED) is 0.180. The minimum atomic E-state index is -4.63. The van der Waals surface area contributed by atoms with Crippen molar-refractivity contribution in [3.8, 4) is 11.1 Å². The molecule has 0 atom stereocenters. The molecular weight excluding hydrogens is 794 g/mol. The second-order valence-electron chi connectivity index (χ2n) is 19.7. The van der Waals surface area contributed by atoms with Crippen molar-refractivity contribution in [2.24, 2.45) is 0 Å². The second-order valence-corrected chi connectivity index (χ2v) is 25.9. The maximum atomic E-state index is 14.5. The monoisotopic (exact) mass is 846 g/mol. The summed E-state index contributed by atoms with van der Waals surface area (Å²) in [5.74, 6) is 0. The van der Waals surface area contributed by atoms with Gasteiger partial charge in [0.05, 0.1) is 0 Å². The average molecular weight is 848 g/mol. The fourth-order valence-electron chi connectivity index (χ4n) is 8.45. The van der Waals surface area contributed by atoms with Crippen molar-refractivity contribution in [2.75, 3.05) is 0 Å². The van der Waals surface area contributed by atoms with Crippen LogP contribution in [0, 0.1) is 0 Å². The molecule has 0 bridgehead atoms. The SMILES string of the molecule is CC(C)(C)c1cc2c(cc1C(C)(C)C)[CH]([Zr]([C]1=CC=CC1)=[C](c1cccc(C(F)(F)F)c1)c1cccc(C(F)(F)F)c1)c1cc(C(C)(C)C)c(C(C)(C)C)cc1-2. The van der Waals surface area contributed by atoms with E-state index in [0.29, 0.717) is 20.8 Å². The Hall–Kier alpha value is -3.31. The Morgan fingerprint density at radius 1 is 0.518 bits per heavy atom. The average Bonchev–Trinajstić information content (AvgIpc) is 3.70. The van der Waals surface area contributed by atoms with Crippen LogP contribution in [0.1, 0.15) is 149 Å². The Balaban J connectivity index is 1.88. The molecule has 0 unspecified atom stereocenters. The summed E-state index contributed by atoms with van der Waals surface area (Å²) in [4.78, 5) is 0. The molecule has 0 amide bonds. The number of hydrogen-bond donors (Lipinski definition) is 0. The van der Waals surface area contributed by atoms with Gasteiger partial charge in [-0.25, -0.2) is 0 Å². The Labute approximate surface area is 337 Å². The van der Waals surface area contributed by atoms with Crippen molar-refractivity contribution in [1.82, 2.24) is 0 Å². The van der Waals surface area contributed by atoms with E-state index >= 15 is 0 Å². The van der Waals surface area contributed by atoms with Gasteiger partial charge in [0.15, 0.2) is 0 Å². The molecule has 0 fully saturated rings. The van der Waals surface area contributed by atoms with Crippen LogP contribution in [0.3, 0.4) is 0 Å². The van der Waals surface area contributed by atoms with Gasteiger partial charge in [-0.05, 0) is 0 Å². The van der Waals surface area contributed by atoms with Gasteiger partial charge in [-0.15, -0.1) is 0 Å². The van der Waals surface area contributed by atoms with Gasteiger partial charge in [0.25, 0.3) is 0 Å². The Bertz CT molecular complexity index is 2140. The van der Waals surface area contributed by atoms with Crippen molar-refractivity contribution in [3.63, 3.8) is 0 Å². The van der Waals surface area contributed by atoms with Gasteiger partial charge in [0.1, 0.15) is 0 Å². The molecule has 2 aliphatic rings. The summed E-state index contributed by atoms with van der Waals surface area (Å²) in [5, 5.41) is 0. The van der Waals surface area contributed by atoms with Gasteiger partial charge in [-0.2, -0.15) is 0 Å². The standard InChI is InChI=1S/C29H41.C15H8F6.C5H5.Zr/c1-26(2,3)22-14-18-13-19-15-23(27(4,5)6)25(29(10,11)12)17-21(19)20(18)16-24(22)28(7,8)9;16-14(17,18)12-5-1-3-10(8-12)7-11-4-2-6-13(9-11)15(19,20)21;1-2-4-5-3-1;/h13-17H,1-12H3;1-6,8-9H;1-3H,4H2;. The molecule has 0 radical (unpaired) electrons. The molecule has 56 heavy (non-hydrogen) atoms. The van der Waals surface area contributed by atoms with Crippen molar-refractivity contribution >= 4 is 3.21 Å². The predicted octanol–water partition coefficient (Wildman–Crippen LogP) is 14.7. The number of halogens is 6. The van der Waals surface area contributed by atoms with E-state index in [0.717, 1.165) is 49.8 Å². The van der Waals surface area contributed by atoms with E-state index in [1.807, 2.05) is 6.08 Å². The third-order valence-corrected chi connectivity index (χ3v) is 19.5. The summed E-state index contributed by atoms with van der Waals surface area (Å²) in [5.41, 5.74) is 7.53. The van der Waals surface area contributed by atoms with Crippen LogP contribution < -0.4 is 0 Å². The molecule has 6 rings (SSSR count). The van der Waals surface area contributed by atoms with E-state index in [1.165, 1.54) is 34.4 Å². The summed E-state index contributed by atoms with van der Waals surface area (Å²) >= 11 is -3.73. The van der Waals surface area contributed by atoms with Gasteiger partial charge in [-0.1, -0.05) is 0 Å². The van der Waals surface area contributed by atoms with E-state index in [4.69, 9.17) is 0 Å². The number of hydrogen-bond acceptors (Lipinski definition) is 0. The zero-order valence-corrected chi connectivity index (χ0v) is 37.2. The molecule has 0 saturated carbocycles. The van der Waals surface area contributed by atoms with Crippen molar-refractivity contribution in [3.05, 3.63) is 150 Å². The summed E-state index contributed by atoms with van der Waals surface area (Å²) in [6.07, 6.45) is -2.50. The minimum absolute atomic E-state index is 0.194. The summed E-state index contributed by atoms with van der Waals surface area (Å²) in [7, 11) is 0. The van der Waals surface area contributed by atoms with Gasteiger partial charge in [-0.3, -0.25) is 0 Å². The first-order valence-corrected chi connectivity index (χ1v) is 23.3. The van der Waals surface area contributed by atoms with E-state index in [1.54, 1.807) is 12.1 Å². The van der Waals surface area contributed by atoms with E-state index < -0.39 is 44.7 Å². The second kappa shape index (κ2) is 14.2. The molecule has 0 N–H and O–H groups in total. The number of rotatable bonds is 4. The van der Waals surface area contributed by atoms with Crippen LogP contribution in [0.4, 0.5) is 26.3 Å². The maximum absolute atomic E-state index is 14.5. The van der Waals surface area contributed by atoms with Crippen LogP contribution in [0.2, 0.25) is 0 Å². The van der Waals surface area contributed by atoms with Crippen molar-refractivity contribution in [2.45, 2.75) is 127 Å². The fraction of sp³-hybridized carbons (Fsp3) is 0.408. The van der Waals surface area contributed by atoms with Gasteiger partial charge in [0.2, 0.25) is 0 Å².